The topological polar surface area (TPSA) is 35.6 Å². The number of nitrogens with one attached hydrogen (secondary N) is 1. The van der Waals surface area contributed by atoms with Gasteiger partial charge in [0.1, 0.15) is 6.04 Å². The number of amides is 1. The van der Waals surface area contributed by atoms with Gasteiger partial charge in [0.2, 0.25) is 5.91 Å². The van der Waals surface area contributed by atoms with Crippen molar-refractivity contribution in [3.05, 3.63) is 29.8 Å². The molecule has 1 N–H and O–H groups in total. The highest BCUT2D eigenvalue weighted by Gasteiger charge is 2.32. The van der Waals surface area contributed by atoms with Gasteiger partial charge in [-0.1, -0.05) is 12.1 Å². The molecule has 0 spiro atoms. The fourth-order valence-corrected chi connectivity index (χ4v) is 2.54. The second-order valence-electron chi connectivity index (χ2n) is 5.67. The molecule has 1 heterocycles. The molecule has 1 saturated heterocycles. The number of rotatable bonds is 3. The summed E-state index contributed by atoms with van der Waals surface area (Å²) < 4.78 is 0. The fourth-order valence-electron chi connectivity index (χ4n) is 2.54. The second kappa shape index (κ2) is 5.72. The number of hydrogen-bond donors (Lipinski definition) is 1. The third-order valence-corrected chi connectivity index (χ3v) is 3.37. The molecule has 2 unspecified atom stereocenters. The van der Waals surface area contributed by atoms with E-state index in [1.54, 1.807) is 0 Å². The average molecular weight is 261 g/mol. The van der Waals surface area contributed by atoms with Crippen molar-refractivity contribution in [3.8, 4) is 0 Å². The van der Waals surface area contributed by atoms with Gasteiger partial charge in [-0.25, -0.2) is 0 Å². The number of hydrogen-bond acceptors (Lipinski definition) is 3. The summed E-state index contributed by atoms with van der Waals surface area (Å²) in [5, 5.41) is 3.38. The lowest BCUT2D eigenvalue weighted by molar-refractivity contribution is -0.122. The molecule has 19 heavy (non-hydrogen) atoms. The van der Waals surface area contributed by atoms with Crippen molar-refractivity contribution in [1.29, 1.82) is 0 Å². The third-order valence-electron chi connectivity index (χ3n) is 3.37. The molecule has 4 nitrogen and oxygen atoms in total. The van der Waals surface area contributed by atoms with E-state index in [9.17, 15) is 4.79 Å². The second-order valence-corrected chi connectivity index (χ2v) is 5.67. The standard InChI is InChI=1S/C15H23N3O/c1-11-6-5-7-13(8-11)18-9-12(2)16-14(15(18)19)10-17(3)4/h5-8,12,14,16H,9-10H2,1-4H3. The van der Waals surface area contributed by atoms with Crippen molar-refractivity contribution < 1.29 is 4.79 Å². The Kier molecular flexibility index (Phi) is 4.22. The Balaban J connectivity index is 2.22. The van der Waals surface area contributed by atoms with Gasteiger partial charge in [0.25, 0.3) is 0 Å². The van der Waals surface area contributed by atoms with Crippen molar-refractivity contribution in [2.24, 2.45) is 0 Å². The molecule has 1 aliphatic heterocycles. The summed E-state index contributed by atoms with van der Waals surface area (Å²) in [5.41, 5.74) is 2.18. The first-order chi connectivity index (χ1) is 8.97. The fraction of sp³-hybridized carbons (Fsp3) is 0.533. The highest BCUT2D eigenvalue weighted by atomic mass is 16.2. The maximum absolute atomic E-state index is 12.6. The minimum atomic E-state index is -0.126. The minimum Gasteiger partial charge on any atom is -0.309 e. The molecule has 0 saturated carbocycles. The van der Waals surface area contributed by atoms with E-state index in [4.69, 9.17) is 0 Å². The van der Waals surface area contributed by atoms with Crippen LogP contribution in [-0.4, -0.2) is 50.1 Å². The Morgan fingerprint density at radius 2 is 2.16 bits per heavy atom. The van der Waals surface area contributed by atoms with Gasteiger partial charge in [0, 0.05) is 24.8 Å². The maximum Gasteiger partial charge on any atom is 0.245 e. The molecule has 1 aliphatic rings. The first kappa shape index (κ1) is 14.0. The van der Waals surface area contributed by atoms with Crippen molar-refractivity contribution in [1.82, 2.24) is 10.2 Å². The quantitative estimate of drug-likeness (QED) is 0.889. The normalized spacial score (nSPS) is 24.1. The predicted octanol–water partition coefficient (Wildman–Crippen LogP) is 1.25. The van der Waals surface area contributed by atoms with E-state index in [1.165, 1.54) is 5.56 Å². The van der Waals surface area contributed by atoms with Gasteiger partial charge >= 0.3 is 0 Å². The Morgan fingerprint density at radius 1 is 1.42 bits per heavy atom. The van der Waals surface area contributed by atoms with E-state index >= 15 is 0 Å². The Bertz CT molecular complexity index is 456. The van der Waals surface area contributed by atoms with Crippen LogP contribution in [0.4, 0.5) is 5.69 Å². The number of carbonyl (C=O) groups is 1. The first-order valence-electron chi connectivity index (χ1n) is 6.76. The molecule has 4 heteroatoms. The van der Waals surface area contributed by atoms with Crippen LogP contribution >= 0.6 is 0 Å². The molecular formula is C15H23N3O. The number of likely N-dealkylation sites (N-methyl/N-ethyl adjacent to an activating group) is 1. The maximum atomic E-state index is 12.6. The molecule has 1 aromatic rings. The summed E-state index contributed by atoms with van der Waals surface area (Å²) in [6.45, 7) is 5.63. The molecule has 1 fully saturated rings. The van der Waals surface area contributed by atoms with Crippen molar-refractivity contribution >= 4 is 11.6 Å². The molecule has 1 aromatic carbocycles. The lowest BCUT2D eigenvalue weighted by Crippen LogP contribution is -2.62. The molecule has 0 bridgehead atoms. The number of carbonyl (C=O) groups excluding carboxylic acids is 1. The van der Waals surface area contributed by atoms with Gasteiger partial charge in [-0.05, 0) is 45.6 Å². The highest BCUT2D eigenvalue weighted by Crippen LogP contribution is 2.20. The minimum absolute atomic E-state index is 0.126. The van der Waals surface area contributed by atoms with Gasteiger partial charge in [0.05, 0.1) is 0 Å². The van der Waals surface area contributed by atoms with Gasteiger partial charge in [-0.2, -0.15) is 0 Å². The van der Waals surface area contributed by atoms with E-state index in [0.29, 0.717) is 6.04 Å². The monoisotopic (exact) mass is 261 g/mol. The van der Waals surface area contributed by atoms with Gasteiger partial charge in [0.15, 0.2) is 0 Å². The zero-order chi connectivity index (χ0) is 14.0. The molecular weight excluding hydrogens is 238 g/mol. The van der Waals surface area contributed by atoms with Crippen LogP contribution in [0.15, 0.2) is 24.3 Å². The van der Waals surface area contributed by atoms with E-state index in [2.05, 4.69) is 31.3 Å². The van der Waals surface area contributed by atoms with Crippen molar-refractivity contribution in [2.45, 2.75) is 25.9 Å². The molecule has 2 rings (SSSR count). The summed E-state index contributed by atoms with van der Waals surface area (Å²) in [5.74, 6) is 0.164. The van der Waals surface area contributed by atoms with E-state index in [-0.39, 0.29) is 11.9 Å². The van der Waals surface area contributed by atoms with Crippen molar-refractivity contribution in [2.75, 3.05) is 32.1 Å². The third kappa shape index (κ3) is 3.33. The number of benzene rings is 1. The Labute approximate surface area is 115 Å². The van der Waals surface area contributed by atoms with Crippen LogP contribution in [0.1, 0.15) is 12.5 Å². The van der Waals surface area contributed by atoms with E-state index < -0.39 is 0 Å². The largest absolute Gasteiger partial charge is 0.309 e. The molecule has 0 aliphatic carbocycles. The summed E-state index contributed by atoms with van der Waals surface area (Å²) >= 11 is 0. The summed E-state index contributed by atoms with van der Waals surface area (Å²) in [4.78, 5) is 16.5. The van der Waals surface area contributed by atoms with Gasteiger partial charge in [-0.15, -0.1) is 0 Å². The molecule has 0 radical (unpaired) electrons. The molecule has 104 valence electrons. The molecule has 1 amide bonds. The molecule has 2 atom stereocenters. The van der Waals surface area contributed by atoms with Crippen LogP contribution in [0.3, 0.4) is 0 Å². The Morgan fingerprint density at radius 3 is 2.79 bits per heavy atom. The number of piperazine rings is 1. The van der Waals surface area contributed by atoms with Crippen LogP contribution in [-0.2, 0) is 4.79 Å². The first-order valence-corrected chi connectivity index (χ1v) is 6.76. The van der Waals surface area contributed by atoms with Gasteiger partial charge in [-0.3, -0.25) is 4.79 Å². The number of anilines is 1. The summed E-state index contributed by atoms with van der Waals surface area (Å²) in [6.07, 6.45) is 0. The number of aryl methyl sites for hydroxylation is 1. The van der Waals surface area contributed by atoms with Crippen LogP contribution < -0.4 is 10.2 Å². The zero-order valence-corrected chi connectivity index (χ0v) is 12.2. The Hall–Kier alpha value is -1.39. The lowest BCUT2D eigenvalue weighted by Gasteiger charge is -2.38. The SMILES string of the molecule is Cc1cccc(N2CC(C)NC(CN(C)C)C2=O)c1. The van der Waals surface area contributed by atoms with Crippen LogP contribution in [0.25, 0.3) is 0 Å². The molecule has 0 aromatic heterocycles. The smallest absolute Gasteiger partial charge is 0.245 e. The van der Waals surface area contributed by atoms with Crippen LogP contribution in [0.5, 0.6) is 0 Å². The van der Waals surface area contributed by atoms with E-state index in [1.807, 2.05) is 36.0 Å². The van der Waals surface area contributed by atoms with Crippen molar-refractivity contribution in [3.63, 3.8) is 0 Å². The van der Waals surface area contributed by atoms with Crippen LogP contribution in [0, 0.1) is 6.92 Å². The van der Waals surface area contributed by atoms with Gasteiger partial charge < -0.3 is 15.1 Å². The van der Waals surface area contributed by atoms with E-state index in [0.717, 1.165) is 18.8 Å². The predicted molar refractivity (Wildman–Crippen MR) is 78.5 cm³/mol. The van der Waals surface area contributed by atoms with Crippen LogP contribution in [0.2, 0.25) is 0 Å². The lowest BCUT2D eigenvalue weighted by atomic mass is 10.1. The zero-order valence-electron chi connectivity index (χ0n) is 12.2. The highest BCUT2D eigenvalue weighted by molar-refractivity contribution is 5.98. The average Bonchev–Trinajstić information content (AvgIpc) is 2.32. The summed E-state index contributed by atoms with van der Waals surface area (Å²) in [7, 11) is 3.98. The number of nitrogens with zero attached hydrogens (tertiary/aromatic N) is 2. The summed E-state index contributed by atoms with van der Waals surface area (Å²) in [6, 6.07) is 8.32.